The Bertz CT molecular complexity index is 1680. The van der Waals surface area contributed by atoms with Gasteiger partial charge in [0.2, 0.25) is 0 Å². The molecule has 0 fully saturated rings. The van der Waals surface area contributed by atoms with Crippen LogP contribution in [0.15, 0.2) is 97.8 Å². The van der Waals surface area contributed by atoms with Crippen LogP contribution in [0.3, 0.4) is 0 Å². The van der Waals surface area contributed by atoms with Gasteiger partial charge in [0.15, 0.2) is 0 Å². The molecule has 9 heteroatoms. The number of aryl methyl sites for hydroxylation is 1. The highest BCUT2D eigenvalue weighted by molar-refractivity contribution is 6.36. The lowest BCUT2D eigenvalue weighted by molar-refractivity contribution is -0.136. The Labute approximate surface area is 263 Å². The third kappa shape index (κ3) is 7.66. The number of amides is 1. The van der Waals surface area contributed by atoms with Crippen LogP contribution < -0.4 is 26.6 Å². The van der Waals surface area contributed by atoms with Gasteiger partial charge in [0.05, 0.1) is 29.9 Å². The second kappa shape index (κ2) is 14.9. The summed E-state index contributed by atoms with van der Waals surface area (Å²) in [7, 11) is 1.55. The first kappa shape index (κ1) is 33.5. The number of nitrogens with two attached hydrogens (primary N) is 2. The first-order valence-electron chi connectivity index (χ1n) is 13.5. The number of nitrogens with one attached hydrogen (secondary N) is 1. The zero-order chi connectivity index (χ0) is 31.1. The summed E-state index contributed by atoms with van der Waals surface area (Å²) in [6, 6.07) is 25.3. The fraction of sp³-hybridized carbons (Fsp3) is 0.143. The summed E-state index contributed by atoms with van der Waals surface area (Å²) in [5.41, 5.74) is 14.0. The molecule has 0 unspecified atom stereocenters. The van der Waals surface area contributed by atoms with Gasteiger partial charge < -0.3 is 20.9 Å². The van der Waals surface area contributed by atoms with Gasteiger partial charge in [-0.1, -0.05) is 81.1 Å². The molecule has 4 aromatic carbocycles. The van der Waals surface area contributed by atoms with Crippen molar-refractivity contribution in [1.82, 2.24) is 0 Å². The van der Waals surface area contributed by atoms with Crippen molar-refractivity contribution in [3.8, 4) is 28.0 Å². The van der Waals surface area contributed by atoms with E-state index in [1.54, 1.807) is 19.4 Å². The topological polar surface area (TPSA) is 131 Å². The van der Waals surface area contributed by atoms with Crippen LogP contribution in [0.2, 0.25) is 5.02 Å². The summed E-state index contributed by atoms with van der Waals surface area (Å²) in [6.07, 6.45) is 3.88. The predicted molar refractivity (Wildman–Crippen MR) is 180 cm³/mol. The number of aliphatic carboxylic acids is 1. The van der Waals surface area contributed by atoms with Crippen LogP contribution in [0, 0.1) is 0 Å². The van der Waals surface area contributed by atoms with Crippen molar-refractivity contribution < 1.29 is 19.4 Å². The number of halogens is 1. The van der Waals surface area contributed by atoms with Gasteiger partial charge in [-0.15, -0.1) is 0 Å². The second-order valence-electron chi connectivity index (χ2n) is 9.75. The Morgan fingerprint density at radius 3 is 2.18 bits per heavy atom. The molecule has 1 amide bonds. The average molecular weight is 613 g/mol. The summed E-state index contributed by atoms with van der Waals surface area (Å²) in [4.78, 5) is 22.4. The number of carbonyl (C=O) groups is 2. The van der Waals surface area contributed by atoms with E-state index in [0.717, 1.165) is 51.1 Å². The first-order chi connectivity index (χ1) is 20.6. The number of ether oxygens (including phenoxy) is 1. The molecular weight excluding hydrogens is 576 g/mol. The number of benzene rings is 4. The fourth-order valence-electron chi connectivity index (χ4n) is 4.67. The molecule has 44 heavy (non-hydrogen) atoms. The Balaban J connectivity index is 0.000000299. The maximum atomic E-state index is 11.8. The molecule has 0 atom stereocenters. The van der Waals surface area contributed by atoms with E-state index in [2.05, 4.69) is 11.9 Å². The van der Waals surface area contributed by atoms with Gasteiger partial charge in [-0.05, 0) is 59.0 Å². The Kier molecular flexibility index (Phi) is 11.3. The van der Waals surface area contributed by atoms with Gasteiger partial charge in [0, 0.05) is 34.7 Å². The molecule has 0 aliphatic carbocycles. The number of carboxylic acid groups (broad SMARTS) is 1. The summed E-state index contributed by atoms with van der Waals surface area (Å²) >= 11 is 6.46. The van der Waals surface area contributed by atoms with E-state index < -0.39 is 5.97 Å². The molecule has 0 saturated heterocycles. The molecule has 0 aromatic heterocycles. The number of carboxylic acids is 1. The number of hydrogen-bond donors (Lipinski definition) is 4. The highest BCUT2D eigenvalue weighted by Gasteiger charge is 2.24. The number of nitrogens with zero attached hydrogens (tertiary/aromatic N) is 1. The van der Waals surface area contributed by atoms with E-state index >= 15 is 0 Å². The van der Waals surface area contributed by atoms with Crippen molar-refractivity contribution in [1.29, 1.82) is 0 Å². The quantitative estimate of drug-likeness (QED) is 0.0935. The van der Waals surface area contributed by atoms with E-state index in [0.29, 0.717) is 22.0 Å². The zero-order valence-electron chi connectivity index (χ0n) is 23.9. The molecular formula is C35H37ClN4O4. The lowest BCUT2D eigenvalue weighted by Gasteiger charge is -2.14. The van der Waals surface area contributed by atoms with Crippen molar-refractivity contribution in [3.63, 3.8) is 0 Å². The highest BCUT2D eigenvalue weighted by Crippen LogP contribution is 2.39. The molecule has 1 heterocycles. The van der Waals surface area contributed by atoms with E-state index in [4.69, 9.17) is 33.0 Å². The lowest BCUT2D eigenvalue weighted by atomic mass is 9.97. The van der Waals surface area contributed by atoms with Gasteiger partial charge in [-0.25, -0.2) is 5.84 Å². The summed E-state index contributed by atoms with van der Waals surface area (Å²) in [6.45, 7) is 5.88. The van der Waals surface area contributed by atoms with Crippen molar-refractivity contribution in [2.45, 2.75) is 27.2 Å². The third-order valence-corrected chi connectivity index (χ3v) is 7.30. The van der Waals surface area contributed by atoms with Gasteiger partial charge in [0.25, 0.3) is 5.91 Å². The number of methoxy groups -OCH3 is 1. The fourth-order valence-corrected chi connectivity index (χ4v) is 4.94. The molecule has 1 aliphatic rings. The van der Waals surface area contributed by atoms with E-state index in [-0.39, 0.29) is 19.8 Å². The van der Waals surface area contributed by atoms with Gasteiger partial charge in [-0.2, -0.15) is 0 Å². The van der Waals surface area contributed by atoms with E-state index in [1.165, 1.54) is 11.2 Å². The number of hydrazine groups is 1. The smallest absolute Gasteiger partial charge is 0.307 e. The van der Waals surface area contributed by atoms with Gasteiger partial charge in [0.1, 0.15) is 5.75 Å². The van der Waals surface area contributed by atoms with Crippen molar-refractivity contribution in [2.75, 3.05) is 17.4 Å². The van der Waals surface area contributed by atoms with Gasteiger partial charge in [-0.3, -0.25) is 14.6 Å². The zero-order valence-corrected chi connectivity index (χ0v) is 24.7. The van der Waals surface area contributed by atoms with Crippen LogP contribution in [0.5, 0.6) is 5.75 Å². The van der Waals surface area contributed by atoms with Crippen LogP contribution in [-0.4, -0.2) is 24.1 Å². The number of carbonyl (C=O) groups excluding carboxylic acids is 1. The van der Waals surface area contributed by atoms with Crippen molar-refractivity contribution >= 4 is 40.4 Å². The van der Waals surface area contributed by atoms with Crippen molar-refractivity contribution in [2.24, 2.45) is 11.6 Å². The minimum Gasteiger partial charge on any atom is -0.496 e. The first-order valence-corrected chi connectivity index (χ1v) is 13.9. The summed E-state index contributed by atoms with van der Waals surface area (Å²) < 4.78 is 5.08. The van der Waals surface area contributed by atoms with Gasteiger partial charge >= 0.3 is 5.97 Å². The molecule has 0 radical (unpaired) electrons. The maximum absolute atomic E-state index is 11.8. The molecule has 1 aliphatic heterocycles. The molecule has 5 rings (SSSR count). The largest absolute Gasteiger partial charge is 0.496 e. The lowest BCUT2D eigenvalue weighted by Crippen LogP contribution is -2.24. The Hall–Kier alpha value is -5.05. The second-order valence-corrected chi connectivity index (χ2v) is 10.2. The summed E-state index contributed by atoms with van der Waals surface area (Å²) in [5, 5.41) is 13.5. The molecule has 8 nitrogen and oxygen atoms in total. The van der Waals surface area contributed by atoms with E-state index in [1.807, 2.05) is 79.7 Å². The molecule has 4 aromatic rings. The highest BCUT2D eigenvalue weighted by atomic mass is 35.5. The Morgan fingerprint density at radius 1 is 1.00 bits per heavy atom. The minimum atomic E-state index is -0.837. The molecule has 228 valence electrons. The maximum Gasteiger partial charge on any atom is 0.307 e. The molecule has 0 spiro atoms. The monoisotopic (exact) mass is 612 g/mol. The van der Waals surface area contributed by atoms with Crippen LogP contribution in [0.25, 0.3) is 27.8 Å². The number of rotatable bonds is 8. The van der Waals surface area contributed by atoms with Crippen LogP contribution in [-0.2, 0) is 22.4 Å². The van der Waals surface area contributed by atoms with Crippen LogP contribution in [0.1, 0.15) is 31.0 Å². The summed E-state index contributed by atoms with van der Waals surface area (Å²) in [5.74, 6) is 5.49. The molecule has 0 bridgehead atoms. The molecule has 0 saturated carbocycles. The standard InChI is InChI=1S/C23H19ClN4O.C11H14O3.CH4/c1-14-19-12-20(21(24)13-22(19)27-23(14)29)17-4-2-15(3-5-17)16-6-8-18(9-7-16)28(26)11-10-25;1-3-8-4-5-10(14-2)9(6-8)7-11(12)13;/h2-13H,1,25-26H2,(H,27,29);4-6H,3,7H2,1-2H3,(H,12,13);1H4/b11-10-;;. The number of hydrogen-bond acceptors (Lipinski definition) is 6. The van der Waals surface area contributed by atoms with E-state index in [9.17, 15) is 9.59 Å². The van der Waals surface area contributed by atoms with Crippen LogP contribution in [0.4, 0.5) is 11.4 Å². The average Bonchev–Trinajstić information content (AvgIpc) is 3.28. The Morgan fingerprint density at radius 2 is 1.61 bits per heavy atom. The predicted octanol–water partition coefficient (Wildman–Crippen LogP) is 7.27. The normalized spacial score (nSPS) is 11.6. The molecule has 6 N–H and O–H groups in total. The third-order valence-electron chi connectivity index (χ3n) is 6.99. The minimum absolute atomic E-state index is 0. The number of fused-ring (bicyclic) bond motifs is 1. The number of anilines is 2. The van der Waals surface area contributed by atoms with Crippen LogP contribution >= 0.6 is 11.6 Å². The SMILES string of the molecule is C.C=C1C(=O)Nc2cc(Cl)c(-c3ccc(-c4ccc(N(N)/C=C\N)cc4)cc3)cc21.CCc1ccc(OC)c(CC(=O)O)c1. The van der Waals surface area contributed by atoms with Crippen molar-refractivity contribution in [3.05, 3.63) is 120 Å².